The second kappa shape index (κ2) is 15.7. The first-order chi connectivity index (χ1) is 33.1. The fourth-order valence-corrected chi connectivity index (χ4v) is 11.2. The predicted octanol–water partition coefficient (Wildman–Crippen LogP) is 14.7. The molecule has 9 aromatic carbocycles. The average Bonchev–Trinajstić information content (AvgIpc) is 3.73. The van der Waals surface area contributed by atoms with Crippen molar-refractivity contribution in [2.45, 2.75) is 26.3 Å². The molecule has 0 radical (unpaired) electrons. The summed E-state index contributed by atoms with van der Waals surface area (Å²) in [5.41, 5.74) is 21.7. The van der Waals surface area contributed by atoms with Gasteiger partial charge in [-0.2, -0.15) is 0 Å². The number of rotatable bonds is 7. The molecule has 1 unspecified atom stereocenters. The molecule has 3 heterocycles. The molecule has 0 fully saturated rings. The van der Waals surface area contributed by atoms with Crippen LogP contribution in [-0.4, -0.2) is 11.3 Å². The maximum Gasteiger partial charge on any atom is 0.252 e. The lowest BCUT2D eigenvalue weighted by molar-refractivity contribution is 0.648. The van der Waals surface area contributed by atoms with E-state index in [1.54, 1.807) is 0 Å². The van der Waals surface area contributed by atoms with Crippen LogP contribution in [0.25, 0.3) is 32.9 Å². The fraction of sp³-hybridized carbons (Fsp3) is 0.0645. The van der Waals surface area contributed by atoms with E-state index in [9.17, 15) is 0 Å². The number of anilines is 9. The van der Waals surface area contributed by atoms with Crippen molar-refractivity contribution in [3.63, 3.8) is 0 Å². The van der Waals surface area contributed by atoms with E-state index in [2.05, 4.69) is 264 Å². The number of hydrogen-bond acceptors (Lipinski definition) is 3. The summed E-state index contributed by atoms with van der Waals surface area (Å²) in [5.74, 6) is 0. The van der Waals surface area contributed by atoms with Gasteiger partial charge in [0.05, 0.1) is 17.2 Å². The molecule has 5 heteroatoms. The van der Waals surface area contributed by atoms with E-state index in [4.69, 9.17) is 0 Å². The van der Waals surface area contributed by atoms with Crippen LogP contribution in [-0.2, 0) is 0 Å². The zero-order valence-corrected chi connectivity index (χ0v) is 37.6. The number of aryl methyl sites for hydroxylation is 2. The number of para-hydroxylation sites is 3. The molecule has 0 saturated carbocycles. The lowest BCUT2D eigenvalue weighted by atomic mass is 9.33. The third-order valence-corrected chi connectivity index (χ3v) is 14.2. The van der Waals surface area contributed by atoms with Crippen LogP contribution in [0.1, 0.15) is 23.6 Å². The minimum absolute atomic E-state index is 0.00831. The van der Waals surface area contributed by atoms with Crippen molar-refractivity contribution in [2.75, 3.05) is 14.7 Å². The monoisotopic (exact) mass is 858 g/mol. The van der Waals surface area contributed by atoms with Crippen LogP contribution < -0.4 is 31.1 Å². The molecule has 2 aliphatic heterocycles. The number of nitrogens with zero attached hydrogens (tertiary/aromatic N) is 4. The van der Waals surface area contributed by atoms with Crippen molar-refractivity contribution in [3.05, 3.63) is 242 Å². The molecule has 0 bridgehead atoms. The second-order valence-corrected chi connectivity index (χ2v) is 18.2. The van der Waals surface area contributed by atoms with E-state index in [0.717, 1.165) is 34.9 Å². The Hall–Kier alpha value is -8.28. The lowest BCUT2D eigenvalue weighted by Gasteiger charge is -2.44. The highest BCUT2D eigenvalue weighted by atomic mass is 15.2. The summed E-state index contributed by atoms with van der Waals surface area (Å²) in [6.45, 7) is 4.39. The topological polar surface area (TPSA) is 14.7 Å². The Kier molecular flexibility index (Phi) is 9.17. The van der Waals surface area contributed by atoms with Crippen LogP contribution >= 0.6 is 0 Å². The van der Waals surface area contributed by atoms with Gasteiger partial charge in [-0.15, -0.1) is 0 Å². The summed E-state index contributed by atoms with van der Waals surface area (Å²) in [4.78, 5) is 7.49. The molecule has 0 spiro atoms. The lowest BCUT2D eigenvalue weighted by Crippen LogP contribution is -2.61. The third-order valence-electron chi connectivity index (χ3n) is 14.2. The van der Waals surface area contributed by atoms with Crippen molar-refractivity contribution in [1.29, 1.82) is 0 Å². The molecule has 13 rings (SSSR count). The molecular formula is C62H47BN4. The van der Waals surface area contributed by atoms with Crippen LogP contribution in [0.4, 0.5) is 51.2 Å². The van der Waals surface area contributed by atoms with Crippen molar-refractivity contribution in [3.8, 4) is 11.1 Å². The molecule has 0 saturated heterocycles. The Labute approximate surface area is 392 Å². The van der Waals surface area contributed by atoms with Crippen molar-refractivity contribution >= 4 is 96.1 Å². The van der Waals surface area contributed by atoms with Crippen LogP contribution in [0, 0.1) is 13.8 Å². The Morgan fingerprint density at radius 2 is 1.13 bits per heavy atom. The Balaban J connectivity index is 1.07. The largest absolute Gasteiger partial charge is 0.331 e. The van der Waals surface area contributed by atoms with Gasteiger partial charge in [0.25, 0.3) is 6.71 Å². The summed E-state index contributed by atoms with van der Waals surface area (Å²) in [7, 11) is 0. The van der Waals surface area contributed by atoms with Gasteiger partial charge >= 0.3 is 0 Å². The van der Waals surface area contributed by atoms with E-state index >= 15 is 0 Å². The normalized spacial score (nSPS) is 14.6. The maximum atomic E-state index is 2.58. The molecule has 0 amide bonds. The van der Waals surface area contributed by atoms with Crippen molar-refractivity contribution < 1.29 is 0 Å². The van der Waals surface area contributed by atoms with Gasteiger partial charge in [-0.1, -0.05) is 163 Å². The molecule has 1 aliphatic carbocycles. The minimum atomic E-state index is 0.00831. The molecule has 67 heavy (non-hydrogen) atoms. The van der Waals surface area contributed by atoms with Gasteiger partial charge < -0.3 is 19.3 Å². The number of allylic oxidation sites excluding steroid dienone is 4. The summed E-state index contributed by atoms with van der Waals surface area (Å²) in [6.07, 6.45) is 9.95. The number of aromatic nitrogens is 1. The molecule has 4 nitrogen and oxygen atoms in total. The van der Waals surface area contributed by atoms with Crippen LogP contribution in [0.3, 0.4) is 0 Å². The highest BCUT2D eigenvalue weighted by Crippen LogP contribution is 2.48. The van der Waals surface area contributed by atoms with E-state index in [1.807, 2.05) is 0 Å². The average molecular weight is 859 g/mol. The van der Waals surface area contributed by atoms with Crippen molar-refractivity contribution in [2.24, 2.45) is 0 Å². The Morgan fingerprint density at radius 3 is 1.90 bits per heavy atom. The van der Waals surface area contributed by atoms with E-state index in [0.29, 0.717) is 0 Å². The molecular weight excluding hydrogens is 812 g/mol. The standard InChI is InChI=1S/C62H47BN4/c1-42-28-33-48(34-29-42)65-56-39-30-43(2)40-54(56)63-53-38-37-50(41-60(53)66(58-26-15-25-57(65)61(58)63)49-35-31-45(32-36-49)44-16-6-3-7-17-44)64(46-18-8-4-9-19-46)59-27-14-23-52-51-22-12-13-24-55(51)67(62(52)59)47-20-10-5-11-21-47/h3-20,22-41,47H,21H2,1-2H3. The van der Waals surface area contributed by atoms with Gasteiger partial charge in [-0.3, -0.25) is 0 Å². The quantitative estimate of drug-likeness (QED) is 0.148. The van der Waals surface area contributed by atoms with E-state index in [1.165, 1.54) is 83.2 Å². The van der Waals surface area contributed by atoms with Crippen molar-refractivity contribution in [1.82, 2.24) is 4.57 Å². The molecule has 3 aliphatic rings. The number of fused-ring (bicyclic) bond motifs is 7. The van der Waals surface area contributed by atoms with E-state index < -0.39 is 0 Å². The zero-order valence-electron chi connectivity index (χ0n) is 37.6. The maximum absolute atomic E-state index is 2.58. The molecule has 10 aromatic rings. The van der Waals surface area contributed by atoms with Gasteiger partial charge in [0, 0.05) is 61.8 Å². The SMILES string of the molecule is Cc1ccc(N2c3ccc(C)cc3B3c4ccc(N(c5ccccc5)c5cccc6c7ccccc7n(C7C=CC=CC7)c56)cc4N(c4ccc(-c5ccccc5)cc4)c4cccc2c43)cc1. The van der Waals surface area contributed by atoms with Gasteiger partial charge in [-0.25, -0.2) is 0 Å². The second-order valence-electron chi connectivity index (χ2n) is 18.2. The van der Waals surface area contributed by atoms with Crippen LogP contribution in [0.15, 0.2) is 231 Å². The minimum Gasteiger partial charge on any atom is -0.331 e. The molecule has 1 aromatic heterocycles. The smallest absolute Gasteiger partial charge is 0.252 e. The van der Waals surface area contributed by atoms with Gasteiger partial charge in [-0.05, 0) is 127 Å². The Bertz CT molecular complexity index is 3590. The van der Waals surface area contributed by atoms with Gasteiger partial charge in [0.2, 0.25) is 0 Å². The first kappa shape index (κ1) is 39.1. The molecule has 0 N–H and O–H groups in total. The fourth-order valence-electron chi connectivity index (χ4n) is 11.2. The number of benzene rings is 9. The number of hydrogen-bond donors (Lipinski definition) is 0. The van der Waals surface area contributed by atoms with Gasteiger partial charge in [0.1, 0.15) is 0 Å². The Morgan fingerprint density at radius 1 is 0.478 bits per heavy atom. The highest BCUT2D eigenvalue weighted by molar-refractivity contribution is 7.00. The zero-order chi connectivity index (χ0) is 44.6. The van der Waals surface area contributed by atoms with Gasteiger partial charge in [0.15, 0.2) is 0 Å². The molecule has 318 valence electrons. The summed E-state index contributed by atoms with van der Waals surface area (Å²) in [6, 6.07) is 76.9. The highest BCUT2D eigenvalue weighted by Gasteiger charge is 2.43. The summed E-state index contributed by atoms with van der Waals surface area (Å²) >= 11 is 0. The van der Waals surface area contributed by atoms with Crippen LogP contribution in [0.5, 0.6) is 0 Å². The molecule has 1 atom stereocenters. The van der Waals surface area contributed by atoms with E-state index in [-0.39, 0.29) is 12.8 Å². The summed E-state index contributed by atoms with van der Waals surface area (Å²) in [5, 5.41) is 2.52. The first-order valence-corrected chi connectivity index (χ1v) is 23.5. The predicted molar refractivity (Wildman–Crippen MR) is 285 cm³/mol. The first-order valence-electron chi connectivity index (χ1n) is 23.5. The third kappa shape index (κ3) is 6.30. The summed E-state index contributed by atoms with van der Waals surface area (Å²) < 4.78 is 2.58. The van der Waals surface area contributed by atoms with Crippen LogP contribution in [0.2, 0.25) is 0 Å².